The number of aryl methyl sites for hydroxylation is 1. The molecule has 0 spiro atoms. The molecule has 2 heterocycles. The van der Waals surface area contributed by atoms with Crippen LogP contribution in [0.2, 0.25) is 5.02 Å². The molecule has 1 aliphatic heterocycles. The van der Waals surface area contributed by atoms with Crippen LogP contribution in [0.15, 0.2) is 36.5 Å². The quantitative estimate of drug-likeness (QED) is 0.687. The van der Waals surface area contributed by atoms with Crippen LogP contribution in [0, 0.1) is 12.8 Å². The molecule has 0 atom stereocenters. The average Bonchev–Trinajstić information content (AvgIpc) is 2.71. The zero-order chi connectivity index (χ0) is 21.0. The highest BCUT2D eigenvalue weighted by Crippen LogP contribution is 2.25. The maximum Gasteiger partial charge on any atom is 0.258 e. The van der Waals surface area contributed by atoms with Crippen molar-refractivity contribution in [2.45, 2.75) is 39.7 Å². The first kappa shape index (κ1) is 24.1. The SMILES string of the molecule is Cc1ccc(NC(=O)c2cc(Cl)ccc2NC(=O)C2CCN(C(C)C)CC2)nc1.Cl. The van der Waals surface area contributed by atoms with Crippen LogP contribution < -0.4 is 10.6 Å². The van der Waals surface area contributed by atoms with Gasteiger partial charge in [0, 0.05) is 23.2 Å². The van der Waals surface area contributed by atoms with E-state index in [0.29, 0.717) is 28.1 Å². The monoisotopic (exact) mass is 450 g/mol. The number of halogens is 2. The van der Waals surface area contributed by atoms with Crippen molar-refractivity contribution in [3.05, 3.63) is 52.7 Å². The van der Waals surface area contributed by atoms with E-state index in [-0.39, 0.29) is 30.1 Å². The number of carbonyl (C=O) groups excluding carboxylic acids is 2. The number of hydrogen-bond acceptors (Lipinski definition) is 4. The number of likely N-dealkylation sites (tertiary alicyclic amines) is 1. The fourth-order valence-corrected chi connectivity index (χ4v) is 3.62. The Morgan fingerprint density at radius 2 is 1.83 bits per heavy atom. The molecule has 1 fully saturated rings. The third-order valence-electron chi connectivity index (χ3n) is 5.27. The smallest absolute Gasteiger partial charge is 0.258 e. The summed E-state index contributed by atoms with van der Waals surface area (Å²) < 4.78 is 0. The van der Waals surface area contributed by atoms with E-state index in [1.54, 1.807) is 30.5 Å². The number of hydrogen-bond donors (Lipinski definition) is 2. The first-order valence-corrected chi connectivity index (χ1v) is 10.3. The van der Waals surface area contributed by atoms with Gasteiger partial charge in [-0.25, -0.2) is 4.98 Å². The van der Waals surface area contributed by atoms with Crippen LogP contribution in [-0.4, -0.2) is 40.8 Å². The van der Waals surface area contributed by atoms with E-state index in [1.165, 1.54) is 0 Å². The molecule has 2 N–H and O–H groups in total. The first-order valence-electron chi connectivity index (χ1n) is 9.92. The van der Waals surface area contributed by atoms with Crippen LogP contribution in [0.5, 0.6) is 0 Å². The molecule has 2 amide bonds. The Morgan fingerprint density at radius 1 is 1.13 bits per heavy atom. The molecule has 0 bridgehead atoms. The van der Waals surface area contributed by atoms with Crippen LogP contribution in [0.1, 0.15) is 42.6 Å². The highest BCUT2D eigenvalue weighted by atomic mass is 35.5. The van der Waals surface area contributed by atoms with Crippen LogP contribution in [-0.2, 0) is 4.79 Å². The number of pyridine rings is 1. The zero-order valence-electron chi connectivity index (χ0n) is 17.4. The van der Waals surface area contributed by atoms with E-state index >= 15 is 0 Å². The van der Waals surface area contributed by atoms with Gasteiger partial charge in [0.25, 0.3) is 5.91 Å². The van der Waals surface area contributed by atoms with Gasteiger partial charge in [0.05, 0.1) is 11.3 Å². The fourth-order valence-electron chi connectivity index (χ4n) is 3.45. The highest BCUT2D eigenvalue weighted by Gasteiger charge is 2.27. The normalized spacial score (nSPS) is 14.8. The number of amides is 2. The van der Waals surface area contributed by atoms with E-state index in [1.807, 2.05) is 13.0 Å². The van der Waals surface area contributed by atoms with Crippen molar-refractivity contribution in [1.82, 2.24) is 9.88 Å². The molecule has 30 heavy (non-hydrogen) atoms. The minimum atomic E-state index is -0.367. The maximum atomic E-state index is 12.8. The van der Waals surface area contributed by atoms with Gasteiger partial charge in [-0.3, -0.25) is 9.59 Å². The van der Waals surface area contributed by atoms with Crippen LogP contribution in [0.3, 0.4) is 0 Å². The van der Waals surface area contributed by atoms with Crippen molar-refractivity contribution < 1.29 is 9.59 Å². The van der Waals surface area contributed by atoms with Gasteiger partial charge in [-0.15, -0.1) is 12.4 Å². The Hall–Kier alpha value is -2.15. The Bertz CT molecular complexity index is 879. The molecule has 1 saturated heterocycles. The molecule has 0 aliphatic carbocycles. The number of aromatic nitrogens is 1. The van der Waals surface area contributed by atoms with E-state index in [2.05, 4.69) is 34.4 Å². The third-order valence-corrected chi connectivity index (χ3v) is 5.50. The van der Waals surface area contributed by atoms with E-state index < -0.39 is 0 Å². The molecular formula is C22H28Cl2N4O2. The predicted molar refractivity (Wildman–Crippen MR) is 124 cm³/mol. The van der Waals surface area contributed by atoms with Gasteiger partial charge in [-0.1, -0.05) is 17.7 Å². The lowest BCUT2D eigenvalue weighted by atomic mass is 9.95. The molecule has 0 radical (unpaired) electrons. The summed E-state index contributed by atoms with van der Waals surface area (Å²) in [5, 5.41) is 6.11. The summed E-state index contributed by atoms with van der Waals surface area (Å²) in [6.45, 7) is 8.07. The molecule has 8 heteroatoms. The highest BCUT2D eigenvalue weighted by molar-refractivity contribution is 6.31. The summed E-state index contributed by atoms with van der Waals surface area (Å²) in [6.07, 6.45) is 3.30. The van der Waals surface area contributed by atoms with Crippen molar-refractivity contribution in [2.75, 3.05) is 23.7 Å². The summed E-state index contributed by atoms with van der Waals surface area (Å²) >= 11 is 6.10. The van der Waals surface area contributed by atoms with Crippen molar-refractivity contribution in [2.24, 2.45) is 5.92 Å². The fraction of sp³-hybridized carbons (Fsp3) is 0.409. The van der Waals surface area contributed by atoms with E-state index in [9.17, 15) is 9.59 Å². The largest absolute Gasteiger partial charge is 0.325 e. The molecule has 3 rings (SSSR count). The molecule has 0 saturated carbocycles. The zero-order valence-corrected chi connectivity index (χ0v) is 19.0. The lowest BCUT2D eigenvalue weighted by Crippen LogP contribution is -2.41. The van der Waals surface area contributed by atoms with Gasteiger partial charge in [0.1, 0.15) is 5.82 Å². The van der Waals surface area contributed by atoms with E-state index in [4.69, 9.17) is 11.6 Å². The van der Waals surface area contributed by atoms with Gasteiger partial charge in [-0.2, -0.15) is 0 Å². The Balaban J connectivity index is 0.00000320. The minimum absolute atomic E-state index is 0. The second-order valence-electron chi connectivity index (χ2n) is 7.76. The summed E-state index contributed by atoms with van der Waals surface area (Å²) in [7, 11) is 0. The van der Waals surface area contributed by atoms with Crippen LogP contribution in [0.4, 0.5) is 11.5 Å². The number of nitrogens with one attached hydrogen (secondary N) is 2. The van der Waals surface area contributed by atoms with E-state index in [0.717, 1.165) is 31.5 Å². The van der Waals surface area contributed by atoms with Crippen molar-refractivity contribution in [1.29, 1.82) is 0 Å². The number of nitrogens with zero attached hydrogens (tertiary/aromatic N) is 2. The van der Waals surface area contributed by atoms with Crippen LogP contribution >= 0.6 is 24.0 Å². The van der Waals surface area contributed by atoms with Gasteiger partial charge in [-0.05, 0) is 76.5 Å². The predicted octanol–water partition coefficient (Wildman–Crippen LogP) is 4.78. The van der Waals surface area contributed by atoms with Crippen molar-refractivity contribution in [3.63, 3.8) is 0 Å². The van der Waals surface area contributed by atoms with Crippen molar-refractivity contribution in [3.8, 4) is 0 Å². The van der Waals surface area contributed by atoms with Gasteiger partial charge >= 0.3 is 0 Å². The second kappa shape index (κ2) is 10.8. The average molecular weight is 451 g/mol. The maximum absolute atomic E-state index is 12.8. The van der Waals surface area contributed by atoms with Gasteiger partial charge in [0.15, 0.2) is 0 Å². The Kier molecular flexibility index (Phi) is 8.65. The van der Waals surface area contributed by atoms with Gasteiger partial charge < -0.3 is 15.5 Å². The number of benzene rings is 1. The summed E-state index contributed by atoms with van der Waals surface area (Å²) in [5.74, 6) is -0.0405. The minimum Gasteiger partial charge on any atom is -0.325 e. The third kappa shape index (κ3) is 6.17. The number of anilines is 2. The van der Waals surface area contributed by atoms with Crippen molar-refractivity contribution >= 4 is 47.3 Å². The molecule has 0 unspecified atom stereocenters. The molecule has 6 nitrogen and oxygen atoms in total. The summed E-state index contributed by atoms with van der Waals surface area (Å²) in [5.41, 5.74) is 1.77. The molecule has 1 aromatic heterocycles. The second-order valence-corrected chi connectivity index (χ2v) is 8.19. The van der Waals surface area contributed by atoms with Crippen LogP contribution in [0.25, 0.3) is 0 Å². The summed E-state index contributed by atoms with van der Waals surface area (Å²) in [6, 6.07) is 8.98. The Morgan fingerprint density at radius 3 is 2.43 bits per heavy atom. The lowest BCUT2D eigenvalue weighted by molar-refractivity contribution is -0.121. The number of piperidine rings is 1. The number of carbonyl (C=O) groups is 2. The van der Waals surface area contributed by atoms with Gasteiger partial charge in [0.2, 0.25) is 5.91 Å². The molecule has 1 aliphatic rings. The topological polar surface area (TPSA) is 74.3 Å². The Labute approximate surface area is 188 Å². The number of rotatable bonds is 5. The molecule has 1 aromatic carbocycles. The summed E-state index contributed by atoms with van der Waals surface area (Å²) in [4.78, 5) is 32.1. The molecule has 162 valence electrons. The lowest BCUT2D eigenvalue weighted by Gasteiger charge is -2.34. The molecule has 2 aromatic rings. The molecular weight excluding hydrogens is 423 g/mol. The first-order chi connectivity index (χ1) is 13.8. The standard InChI is InChI=1S/C22H27ClN4O2.ClH/c1-14(2)27-10-8-16(9-11-27)21(28)25-19-6-5-17(23)12-18(19)22(29)26-20-7-4-15(3)13-24-20;/h4-7,12-14,16H,8-11H2,1-3H3,(H,25,28)(H,24,26,29);1H.